The summed E-state index contributed by atoms with van der Waals surface area (Å²) in [5.41, 5.74) is -0.556. The van der Waals surface area contributed by atoms with Gasteiger partial charge in [0.25, 0.3) is 0 Å². The van der Waals surface area contributed by atoms with E-state index in [0.29, 0.717) is 13.2 Å². The molecule has 1 fully saturated rings. The molecule has 0 aromatic rings. The van der Waals surface area contributed by atoms with Gasteiger partial charge in [0.05, 0.1) is 25.9 Å². The van der Waals surface area contributed by atoms with Gasteiger partial charge in [-0.3, -0.25) is 0 Å². The monoisotopic (exact) mass is 143 g/mol. The molecule has 0 radical (unpaired) electrons. The molecule has 1 rings (SSSR count). The zero-order valence-electron chi connectivity index (χ0n) is 6.42. The third-order valence-electron chi connectivity index (χ3n) is 1.30. The van der Waals surface area contributed by atoms with Crippen LogP contribution in [0.5, 0.6) is 0 Å². The smallest absolute Gasteiger partial charge is 0.127 e. The zero-order valence-corrected chi connectivity index (χ0v) is 6.42. The van der Waals surface area contributed by atoms with E-state index in [1.54, 1.807) is 0 Å². The molecule has 1 heterocycles. The fourth-order valence-electron chi connectivity index (χ4n) is 0.540. The van der Waals surface area contributed by atoms with E-state index in [2.05, 4.69) is 0 Å². The first kappa shape index (κ1) is 9.41. The molecule has 1 aliphatic heterocycles. The maximum Gasteiger partial charge on any atom is 0.127 e. The van der Waals surface area contributed by atoms with Crippen molar-refractivity contribution in [2.75, 3.05) is 19.8 Å². The van der Waals surface area contributed by atoms with Crippen molar-refractivity contribution in [3.63, 3.8) is 0 Å². The molecule has 0 unspecified atom stereocenters. The molecular weight excluding hydrogens is 130 g/mol. The number of aliphatic hydroxyl groups is 1. The van der Waals surface area contributed by atoms with E-state index >= 15 is 0 Å². The summed E-state index contributed by atoms with van der Waals surface area (Å²) in [5.74, 6) is 0. The Kier molecular flexibility index (Phi) is 4.01. The van der Waals surface area contributed by atoms with Crippen molar-refractivity contribution < 1.29 is 9.84 Å². The van der Waals surface area contributed by atoms with Crippen LogP contribution in [-0.4, -0.2) is 24.9 Å². The SMILES string of the molecule is CC.N#CC1(CO)COC1. The van der Waals surface area contributed by atoms with Gasteiger partial charge in [0.2, 0.25) is 0 Å². The Morgan fingerprint density at radius 3 is 2.10 bits per heavy atom. The van der Waals surface area contributed by atoms with E-state index in [1.165, 1.54) is 0 Å². The van der Waals surface area contributed by atoms with Gasteiger partial charge < -0.3 is 9.84 Å². The molecule has 0 bridgehead atoms. The second-order valence-electron chi connectivity index (χ2n) is 2.04. The Morgan fingerprint density at radius 1 is 1.60 bits per heavy atom. The summed E-state index contributed by atoms with van der Waals surface area (Å²) in [6.07, 6.45) is 0. The molecule has 0 aromatic carbocycles. The molecule has 1 saturated heterocycles. The number of aliphatic hydroxyl groups excluding tert-OH is 1. The van der Waals surface area contributed by atoms with Crippen molar-refractivity contribution in [3.8, 4) is 6.07 Å². The van der Waals surface area contributed by atoms with Gasteiger partial charge in [-0.15, -0.1) is 0 Å². The molecule has 0 amide bonds. The summed E-state index contributed by atoms with van der Waals surface area (Å²) in [6.45, 7) is 4.70. The first-order valence-electron chi connectivity index (χ1n) is 3.43. The Morgan fingerprint density at radius 2 is 2.10 bits per heavy atom. The minimum atomic E-state index is -0.556. The van der Waals surface area contributed by atoms with Crippen LogP contribution in [0.1, 0.15) is 13.8 Å². The average Bonchev–Trinajstić information content (AvgIpc) is 1.93. The highest BCUT2D eigenvalue weighted by Gasteiger charge is 2.38. The van der Waals surface area contributed by atoms with Gasteiger partial charge in [0, 0.05) is 0 Å². The van der Waals surface area contributed by atoms with Crippen LogP contribution in [0.15, 0.2) is 0 Å². The second-order valence-corrected chi connectivity index (χ2v) is 2.04. The Labute approximate surface area is 61.2 Å². The van der Waals surface area contributed by atoms with E-state index in [9.17, 15) is 0 Å². The molecule has 0 aliphatic carbocycles. The molecule has 10 heavy (non-hydrogen) atoms. The van der Waals surface area contributed by atoms with Gasteiger partial charge >= 0.3 is 0 Å². The molecule has 0 atom stereocenters. The normalized spacial score (nSPS) is 19.4. The lowest BCUT2D eigenvalue weighted by Gasteiger charge is -2.32. The summed E-state index contributed by atoms with van der Waals surface area (Å²) in [5, 5.41) is 16.9. The Balaban J connectivity index is 0.000000371. The summed E-state index contributed by atoms with van der Waals surface area (Å²) in [4.78, 5) is 0. The lowest BCUT2D eigenvalue weighted by Crippen LogP contribution is -2.44. The molecule has 0 spiro atoms. The van der Waals surface area contributed by atoms with E-state index in [-0.39, 0.29) is 6.61 Å². The molecular formula is C7H13NO2. The highest BCUT2D eigenvalue weighted by Crippen LogP contribution is 2.24. The third-order valence-corrected chi connectivity index (χ3v) is 1.30. The summed E-state index contributed by atoms with van der Waals surface area (Å²) in [6, 6.07) is 1.99. The third kappa shape index (κ3) is 1.69. The van der Waals surface area contributed by atoms with Crippen LogP contribution in [0.2, 0.25) is 0 Å². The van der Waals surface area contributed by atoms with E-state index in [0.717, 1.165) is 0 Å². The Bertz CT molecular complexity index is 119. The molecule has 58 valence electrons. The highest BCUT2D eigenvalue weighted by molar-refractivity contribution is 5.03. The van der Waals surface area contributed by atoms with Crippen molar-refractivity contribution in [3.05, 3.63) is 0 Å². The van der Waals surface area contributed by atoms with Crippen LogP contribution in [-0.2, 0) is 4.74 Å². The standard InChI is InChI=1S/C5H7NO2.C2H6/c6-1-5(2-7)3-8-4-5;1-2/h7H,2-4H2;1-2H3. The van der Waals surface area contributed by atoms with Crippen molar-refractivity contribution in [1.29, 1.82) is 5.26 Å². The summed E-state index contributed by atoms with van der Waals surface area (Å²) in [7, 11) is 0. The molecule has 1 N–H and O–H groups in total. The van der Waals surface area contributed by atoms with Crippen molar-refractivity contribution >= 4 is 0 Å². The highest BCUT2D eigenvalue weighted by atomic mass is 16.5. The number of rotatable bonds is 1. The number of hydrogen-bond donors (Lipinski definition) is 1. The van der Waals surface area contributed by atoms with Gasteiger partial charge in [-0.05, 0) is 0 Å². The van der Waals surface area contributed by atoms with Crippen LogP contribution < -0.4 is 0 Å². The lowest BCUT2D eigenvalue weighted by molar-refractivity contribution is -0.101. The largest absolute Gasteiger partial charge is 0.395 e. The fraction of sp³-hybridized carbons (Fsp3) is 0.857. The number of ether oxygens (including phenoxy) is 1. The van der Waals surface area contributed by atoms with E-state index in [1.807, 2.05) is 19.9 Å². The minimum absolute atomic E-state index is 0.0799. The summed E-state index contributed by atoms with van der Waals surface area (Å²) >= 11 is 0. The Hall–Kier alpha value is -0.590. The number of hydrogen-bond acceptors (Lipinski definition) is 3. The lowest BCUT2D eigenvalue weighted by atomic mass is 9.89. The van der Waals surface area contributed by atoms with Gasteiger partial charge in [-0.25, -0.2) is 0 Å². The van der Waals surface area contributed by atoms with Crippen molar-refractivity contribution in [1.82, 2.24) is 0 Å². The predicted molar refractivity (Wildman–Crippen MR) is 37.3 cm³/mol. The second kappa shape index (κ2) is 4.26. The van der Waals surface area contributed by atoms with Crippen LogP contribution >= 0.6 is 0 Å². The molecule has 1 aliphatic rings. The minimum Gasteiger partial charge on any atom is -0.395 e. The van der Waals surface area contributed by atoms with Crippen molar-refractivity contribution in [2.45, 2.75) is 13.8 Å². The van der Waals surface area contributed by atoms with E-state index in [4.69, 9.17) is 15.1 Å². The molecule has 0 aromatic heterocycles. The van der Waals surface area contributed by atoms with E-state index < -0.39 is 5.41 Å². The topological polar surface area (TPSA) is 53.2 Å². The van der Waals surface area contributed by atoms with Gasteiger partial charge in [0.1, 0.15) is 5.41 Å². The number of nitrogens with zero attached hydrogens (tertiary/aromatic N) is 1. The van der Waals surface area contributed by atoms with Crippen LogP contribution in [0.3, 0.4) is 0 Å². The summed E-state index contributed by atoms with van der Waals surface area (Å²) < 4.78 is 4.74. The fourth-order valence-corrected chi connectivity index (χ4v) is 0.540. The van der Waals surface area contributed by atoms with Gasteiger partial charge in [-0.1, -0.05) is 13.8 Å². The predicted octanol–water partition coefficient (Wildman–Crippen LogP) is 0.545. The first-order valence-corrected chi connectivity index (χ1v) is 3.43. The van der Waals surface area contributed by atoms with Gasteiger partial charge in [0.15, 0.2) is 0 Å². The van der Waals surface area contributed by atoms with Gasteiger partial charge in [-0.2, -0.15) is 5.26 Å². The average molecular weight is 143 g/mol. The van der Waals surface area contributed by atoms with Crippen LogP contribution in [0, 0.1) is 16.7 Å². The number of nitriles is 1. The maximum absolute atomic E-state index is 8.53. The quantitative estimate of drug-likeness (QED) is 0.583. The first-order chi connectivity index (χ1) is 4.83. The molecule has 0 saturated carbocycles. The van der Waals surface area contributed by atoms with Crippen LogP contribution in [0.4, 0.5) is 0 Å². The zero-order chi connectivity index (χ0) is 8.04. The van der Waals surface area contributed by atoms with Crippen LogP contribution in [0.25, 0.3) is 0 Å². The van der Waals surface area contributed by atoms with Crippen molar-refractivity contribution in [2.24, 2.45) is 5.41 Å². The molecule has 3 nitrogen and oxygen atoms in total. The maximum atomic E-state index is 8.53. The molecule has 3 heteroatoms.